The highest BCUT2D eigenvalue weighted by atomic mass is 16.5. The highest BCUT2D eigenvalue weighted by Crippen LogP contribution is 2.25. The van der Waals surface area contributed by atoms with Crippen molar-refractivity contribution in [2.24, 2.45) is 5.92 Å². The minimum Gasteiger partial charge on any atom is -0.496 e. The second kappa shape index (κ2) is 8.71. The van der Waals surface area contributed by atoms with Gasteiger partial charge in [0, 0.05) is 6.54 Å². The fourth-order valence-corrected chi connectivity index (χ4v) is 2.99. The van der Waals surface area contributed by atoms with E-state index in [1.54, 1.807) is 23.1 Å². The molecule has 0 aromatic heterocycles. The summed E-state index contributed by atoms with van der Waals surface area (Å²) < 4.78 is 10.6. The monoisotopic (exact) mass is 333 g/mol. The quantitative estimate of drug-likeness (QED) is 0.567. The number of rotatable bonds is 7. The van der Waals surface area contributed by atoms with Crippen LogP contribution in [0.15, 0.2) is 24.3 Å². The fourth-order valence-electron chi connectivity index (χ4n) is 2.99. The van der Waals surface area contributed by atoms with E-state index in [-0.39, 0.29) is 11.9 Å². The van der Waals surface area contributed by atoms with Crippen molar-refractivity contribution < 1.29 is 19.1 Å². The standard InChI is InChI=1S/C19H27NO4/c1-14(2)8-7-13-24-19(22)16-10-6-12-20(16)18(21)15-9-4-5-11-17(15)23-3/h4-5,9,11,14,16H,6-8,10,12-13H2,1-3H3. The topological polar surface area (TPSA) is 55.8 Å². The summed E-state index contributed by atoms with van der Waals surface area (Å²) in [6.07, 6.45) is 3.36. The number of nitrogens with zero attached hydrogens (tertiary/aromatic N) is 1. The Morgan fingerprint density at radius 3 is 2.75 bits per heavy atom. The maximum Gasteiger partial charge on any atom is 0.328 e. The number of amides is 1. The Morgan fingerprint density at radius 1 is 1.29 bits per heavy atom. The van der Waals surface area contributed by atoms with Crippen LogP contribution >= 0.6 is 0 Å². The summed E-state index contributed by atoms with van der Waals surface area (Å²) in [4.78, 5) is 26.8. The second-order valence-electron chi connectivity index (χ2n) is 6.56. The Labute approximate surface area is 143 Å². The highest BCUT2D eigenvalue weighted by Gasteiger charge is 2.36. The lowest BCUT2D eigenvalue weighted by atomic mass is 10.1. The molecule has 1 atom stereocenters. The van der Waals surface area contributed by atoms with Crippen LogP contribution in [-0.4, -0.2) is 43.1 Å². The maximum atomic E-state index is 12.8. The van der Waals surface area contributed by atoms with Gasteiger partial charge in [0.2, 0.25) is 0 Å². The molecule has 1 saturated heterocycles. The van der Waals surface area contributed by atoms with Gasteiger partial charge in [0.05, 0.1) is 19.3 Å². The van der Waals surface area contributed by atoms with E-state index in [9.17, 15) is 9.59 Å². The van der Waals surface area contributed by atoms with Gasteiger partial charge in [0.25, 0.3) is 5.91 Å². The SMILES string of the molecule is COc1ccccc1C(=O)N1CCCC1C(=O)OCCCC(C)C. The smallest absolute Gasteiger partial charge is 0.328 e. The Hall–Kier alpha value is -2.04. The first kappa shape index (κ1) is 18.3. The molecule has 0 saturated carbocycles. The Kier molecular flexibility index (Phi) is 6.64. The van der Waals surface area contributed by atoms with Crippen LogP contribution in [0.4, 0.5) is 0 Å². The Balaban J connectivity index is 1.99. The summed E-state index contributed by atoms with van der Waals surface area (Å²) in [7, 11) is 1.54. The Morgan fingerprint density at radius 2 is 2.04 bits per heavy atom. The van der Waals surface area contributed by atoms with Crippen molar-refractivity contribution >= 4 is 11.9 Å². The second-order valence-corrected chi connectivity index (χ2v) is 6.56. The number of likely N-dealkylation sites (tertiary alicyclic amines) is 1. The van der Waals surface area contributed by atoms with Gasteiger partial charge in [-0.3, -0.25) is 4.79 Å². The molecule has 1 heterocycles. The van der Waals surface area contributed by atoms with Gasteiger partial charge < -0.3 is 14.4 Å². The lowest BCUT2D eigenvalue weighted by Gasteiger charge is -2.24. The van der Waals surface area contributed by atoms with E-state index in [4.69, 9.17) is 9.47 Å². The number of hydrogen-bond donors (Lipinski definition) is 0. The lowest BCUT2D eigenvalue weighted by molar-refractivity contribution is -0.148. The normalized spacial score (nSPS) is 17.2. The van der Waals surface area contributed by atoms with Crippen LogP contribution in [0.5, 0.6) is 5.75 Å². The van der Waals surface area contributed by atoms with Gasteiger partial charge in [0.15, 0.2) is 0 Å². The average molecular weight is 333 g/mol. The van der Waals surface area contributed by atoms with Crippen molar-refractivity contribution in [1.82, 2.24) is 4.90 Å². The molecule has 0 bridgehead atoms. The molecule has 5 heteroatoms. The van der Waals surface area contributed by atoms with Gasteiger partial charge in [0.1, 0.15) is 11.8 Å². The van der Waals surface area contributed by atoms with Crippen molar-refractivity contribution in [2.45, 2.75) is 45.6 Å². The van der Waals surface area contributed by atoms with Crippen LogP contribution in [0, 0.1) is 5.92 Å². The summed E-state index contributed by atoms with van der Waals surface area (Å²) in [5.74, 6) is 0.658. The predicted molar refractivity (Wildman–Crippen MR) is 92.1 cm³/mol. The van der Waals surface area contributed by atoms with Crippen LogP contribution < -0.4 is 4.74 Å². The number of esters is 1. The molecule has 1 fully saturated rings. The molecule has 24 heavy (non-hydrogen) atoms. The van der Waals surface area contributed by atoms with Crippen LogP contribution in [0.25, 0.3) is 0 Å². The van der Waals surface area contributed by atoms with Crippen molar-refractivity contribution in [1.29, 1.82) is 0 Å². The van der Waals surface area contributed by atoms with Gasteiger partial charge in [-0.15, -0.1) is 0 Å². The van der Waals surface area contributed by atoms with Crippen molar-refractivity contribution in [2.75, 3.05) is 20.3 Å². The number of methoxy groups -OCH3 is 1. The summed E-state index contributed by atoms with van der Waals surface area (Å²) in [6, 6.07) is 6.61. The van der Waals surface area contributed by atoms with E-state index in [1.807, 2.05) is 6.07 Å². The Bertz CT molecular complexity index is 570. The molecule has 2 rings (SSSR count). The molecule has 5 nitrogen and oxygen atoms in total. The molecule has 1 unspecified atom stereocenters. The number of para-hydroxylation sites is 1. The van der Waals surface area contributed by atoms with E-state index >= 15 is 0 Å². The van der Waals surface area contributed by atoms with Crippen molar-refractivity contribution in [3.63, 3.8) is 0 Å². The van der Waals surface area contributed by atoms with Gasteiger partial charge in [-0.05, 0) is 43.7 Å². The third kappa shape index (κ3) is 4.49. The molecule has 0 spiro atoms. The van der Waals surface area contributed by atoms with Crippen molar-refractivity contribution in [3.05, 3.63) is 29.8 Å². The van der Waals surface area contributed by atoms with Crippen LogP contribution in [0.1, 0.15) is 49.9 Å². The van der Waals surface area contributed by atoms with E-state index in [1.165, 1.54) is 7.11 Å². The average Bonchev–Trinajstić information content (AvgIpc) is 3.07. The number of hydrogen-bond acceptors (Lipinski definition) is 4. The zero-order chi connectivity index (χ0) is 17.5. The van der Waals surface area contributed by atoms with Crippen LogP contribution in [0.3, 0.4) is 0 Å². The third-order valence-corrected chi connectivity index (χ3v) is 4.29. The maximum absolute atomic E-state index is 12.8. The minimum atomic E-state index is -0.485. The summed E-state index contributed by atoms with van der Waals surface area (Å²) in [6.45, 7) is 5.28. The number of ether oxygens (including phenoxy) is 2. The van der Waals surface area contributed by atoms with Crippen molar-refractivity contribution in [3.8, 4) is 5.75 Å². The molecule has 1 aromatic carbocycles. The van der Waals surface area contributed by atoms with E-state index in [0.717, 1.165) is 19.3 Å². The van der Waals surface area contributed by atoms with Crippen LogP contribution in [0.2, 0.25) is 0 Å². The van der Waals surface area contributed by atoms with Crippen LogP contribution in [-0.2, 0) is 9.53 Å². The summed E-state index contributed by atoms with van der Waals surface area (Å²) in [5.41, 5.74) is 0.486. The van der Waals surface area contributed by atoms with Gasteiger partial charge >= 0.3 is 5.97 Å². The zero-order valence-corrected chi connectivity index (χ0v) is 14.8. The summed E-state index contributed by atoms with van der Waals surface area (Å²) in [5, 5.41) is 0. The molecule has 0 N–H and O–H groups in total. The minimum absolute atomic E-state index is 0.172. The molecule has 1 aliphatic rings. The molecule has 0 aliphatic carbocycles. The fraction of sp³-hybridized carbons (Fsp3) is 0.579. The largest absolute Gasteiger partial charge is 0.496 e. The molecular weight excluding hydrogens is 306 g/mol. The molecule has 132 valence electrons. The molecule has 1 amide bonds. The summed E-state index contributed by atoms with van der Waals surface area (Å²) >= 11 is 0. The number of benzene rings is 1. The highest BCUT2D eigenvalue weighted by molar-refractivity contribution is 5.99. The predicted octanol–water partition coefficient (Wildman–Crippen LogP) is 3.28. The molecule has 1 aromatic rings. The van der Waals surface area contributed by atoms with Gasteiger partial charge in [-0.1, -0.05) is 26.0 Å². The number of carbonyl (C=O) groups is 2. The zero-order valence-electron chi connectivity index (χ0n) is 14.8. The molecule has 1 aliphatic heterocycles. The van der Waals surface area contributed by atoms with E-state index < -0.39 is 6.04 Å². The molecular formula is C19H27NO4. The van der Waals surface area contributed by atoms with E-state index in [0.29, 0.717) is 36.8 Å². The van der Waals surface area contributed by atoms with Gasteiger partial charge in [-0.2, -0.15) is 0 Å². The van der Waals surface area contributed by atoms with Gasteiger partial charge in [-0.25, -0.2) is 4.79 Å². The first-order chi connectivity index (χ1) is 11.5. The first-order valence-electron chi connectivity index (χ1n) is 8.65. The first-order valence-corrected chi connectivity index (χ1v) is 8.65. The lowest BCUT2D eigenvalue weighted by Crippen LogP contribution is -2.41. The van der Waals surface area contributed by atoms with E-state index in [2.05, 4.69) is 13.8 Å². The molecule has 0 radical (unpaired) electrons. The number of carbonyl (C=O) groups excluding carboxylic acids is 2. The third-order valence-electron chi connectivity index (χ3n) is 4.29.